The lowest BCUT2D eigenvalue weighted by Gasteiger charge is -2.21. The number of pyridine rings is 1. The van der Waals surface area contributed by atoms with Crippen molar-refractivity contribution >= 4 is 20.9 Å². The van der Waals surface area contributed by atoms with Gasteiger partial charge in [0.05, 0.1) is 16.5 Å². The molecule has 1 aromatic carbocycles. The zero-order valence-electron chi connectivity index (χ0n) is 11.4. The fraction of sp³-hybridized carbons (Fsp3) is 0.333. The molecule has 1 aliphatic rings. The van der Waals surface area contributed by atoms with Gasteiger partial charge in [0, 0.05) is 30.6 Å². The fourth-order valence-electron chi connectivity index (χ4n) is 2.45. The zero-order chi connectivity index (χ0) is 14.9. The van der Waals surface area contributed by atoms with E-state index in [2.05, 4.69) is 4.98 Å². The van der Waals surface area contributed by atoms with Gasteiger partial charge in [-0.1, -0.05) is 6.07 Å². The molecule has 1 saturated carbocycles. The topological polar surface area (TPSA) is 74.1 Å². The quantitative estimate of drug-likeness (QED) is 0.849. The highest BCUT2D eigenvalue weighted by atomic mass is 32.2. The maximum absolute atomic E-state index is 12.9. The molecule has 0 unspecified atom stereocenters. The SMILES string of the molecule is N#CCCN(C1CC1)S(=O)(=O)c1cccc2ncccc12. The van der Waals surface area contributed by atoms with Crippen molar-refractivity contribution in [3.63, 3.8) is 0 Å². The molecule has 5 nitrogen and oxygen atoms in total. The van der Waals surface area contributed by atoms with Crippen LogP contribution < -0.4 is 0 Å². The van der Waals surface area contributed by atoms with Crippen LogP contribution in [0, 0.1) is 11.3 Å². The molecular formula is C15H15N3O2S. The third kappa shape index (κ3) is 2.62. The summed E-state index contributed by atoms with van der Waals surface area (Å²) in [6.45, 7) is 0.250. The maximum atomic E-state index is 12.9. The van der Waals surface area contributed by atoms with Crippen LogP contribution in [0.4, 0.5) is 0 Å². The van der Waals surface area contributed by atoms with Crippen molar-refractivity contribution in [2.75, 3.05) is 6.54 Å². The molecule has 2 aromatic rings. The number of nitrogens with zero attached hydrogens (tertiary/aromatic N) is 3. The molecule has 0 aliphatic heterocycles. The molecule has 21 heavy (non-hydrogen) atoms. The van der Waals surface area contributed by atoms with Crippen molar-refractivity contribution in [1.82, 2.24) is 9.29 Å². The van der Waals surface area contributed by atoms with Gasteiger partial charge < -0.3 is 0 Å². The van der Waals surface area contributed by atoms with E-state index in [1.54, 1.807) is 36.5 Å². The Hall–Kier alpha value is -1.97. The van der Waals surface area contributed by atoms with Gasteiger partial charge in [-0.25, -0.2) is 8.42 Å². The van der Waals surface area contributed by atoms with Crippen LogP contribution in [0.15, 0.2) is 41.4 Å². The number of sulfonamides is 1. The Balaban J connectivity index is 2.09. The third-order valence-corrected chi connectivity index (χ3v) is 5.60. The van der Waals surface area contributed by atoms with Gasteiger partial charge in [-0.3, -0.25) is 4.98 Å². The van der Waals surface area contributed by atoms with Gasteiger partial charge in [0.2, 0.25) is 10.0 Å². The molecule has 108 valence electrons. The second kappa shape index (κ2) is 5.43. The Morgan fingerprint density at radius 2 is 2.10 bits per heavy atom. The molecule has 0 radical (unpaired) electrons. The maximum Gasteiger partial charge on any atom is 0.244 e. The van der Waals surface area contributed by atoms with E-state index in [1.807, 2.05) is 6.07 Å². The Kier molecular flexibility index (Phi) is 3.62. The summed E-state index contributed by atoms with van der Waals surface area (Å²) < 4.78 is 27.3. The highest BCUT2D eigenvalue weighted by Gasteiger charge is 2.38. The van der Waals surface area contributed by atoms with Crippen LogP contribution in [0.3, 0.4) is 0 Å². The minimum atomic E-state index is -3.59. The number of rotatable bonds is 5. The summed E-state index contributed by atoms with van der Waals surface area (Å²) in [4.78, 5) is 4.48. The summed E-state index contributed by atoms with van der Waals surface area (Å²) in [5.41, 5.74) is 0.662. The Morgan fingerprint density at radius 3 is 2.81 bits per heavy atom. The van der Waals surface area contributed by atoms with E-state index in [0.29, 0.717) is 10.9 Å². The van der Waals surface area contributed by atoms with E-state index in [9.17, 15) is 8.42 Å². The van der Waals surface area contributed by atoms with Gasteiger partial charge in [-0.05, 0) is 37.1 Å². The summed E-state index contributed by atoms with van der Waals surface area (Å²) in [5.74, 6) is 0. The van der Waals surface area contributed by atoms with Gasteiger partial charge in [-0.2, -0.15) is 9.57 Å². The van der Waals surface area contributed by atoms with Crippen LogP contribution in [-0.2, 0) is 10.0 Å². The Morgan fingerprint density at radius 1 is 1.29 bits per heavy atom. The van der Waals surface area contributed by atoms with Gasteiger partial charge >= 0.3 is 0 Å². The Bertz CT molecular complexity index is 802. The van der Waals surface area contributed by atoms with Gasteiger partial charge in [0.1, 0.15) is 0 Å². The number of aromatic nitrogens is 1. The van der Waals surface area contributed by atoms with Crippen molar-refractivity contribution in [2.45, 2.75) is 30.2 Å². The lowest BCUT2D eigenvalue weighted by molar-refractivity contribution is 0.411. The smallest absolute Gasteiger partial charge is 0.244 e. The minimum absolute atomic E-state index is 0.0373. The fourth-order valence-corrected chi connectivity index (χ4v) is 4.34. The molecule has 0 amide bonds. The first-order valence-electron chi connectivity index (χ1n) is 6.87. The first-order chi connectivity index (χ1) is 10.1. The summed E-state index contributed by atoms with van der Waals surface area (Å²) in [6.07, 6.45) is 3.59. The molecule has 6 heteroatoms. The van der Waals surface area contributed by atoms with E-state index in [4.69, 9.17) is 5.26 Å². The highest BCUT2D eigenvalue weighted by molar-refractivity contribution is 7.89. The normalized spacial score (nSPS) is 15.2. The van der Waals surface area contributed by atoms with Crippen LogP contribution in [0.25, 0.3) is 10.9 Å². The van der Waals surface area contributed by atoms with Crippen molar-refractivity contribution < 1.29 is 8.42 Å². The molecule has 0 spiro atoms. The largest absolute Gasteiger partial charge is 0.256 e. The second-order valence-corrected chi connectivity index (χ2v) is 6.94. The van der Waals surface area contributed by atoms with E-state index >= 15 is 0 Å². The molecule has 0 saturated heterocycles. The molecule has 3 rings (SSSR count). The average molecular weight is 301 g/mol. The van der Waals surface area contributed by atoms with Crippen LogP contribution in [0.2, 0.25) is 0 Å². The van der Waals surface area contributed by atoms with Crippen molar-refractivity contribution in [2.24, 2.45) is 0 Å². The zero-order valence-corrected chi connectivity index (χ0v) is 12.3. The van der Waals surface area contributed by atoms with Crippen LogP contribution in [0.1, 0.15) is 19.3 Å². The lowest BCUT2D eigenvalue weighted by atomic mass is 10.2. The summed E-state index contributed by atoms with van der Waals surface area (Å²) in [7, 11) is -3.59. The average Bonchev–Trinajstić information content (AvgIpc) is 3.31. The molecule has 0 bridgehead atoms. The lowest BCUT2D eigenvalue weighted by Crippen LogP contribution is -2.34. The van der Waals surface area contributed by atoms with E-state index in [0.717, 1.165) is 12.8 Å². The number of benzene rings is 1. The monoisotopic (exact) mass is 301 g/mol. The number of nitriles is 1. The first kappa shape index (κ1) is 14.0. The molecule has 1 heterocycles. The minimum Gasteiger partial charge on any atom is -0.256 e. The molecule has 1 aliphatic carbocycles. The van der Waals surface area contributed by atoms with E-state index in [1.165, 1.54) is 4.31 Å². The summed E-state index contributed by atoms with van der Waals surface area (Å²) in [5, 5.41) is 9.37. The standard InChI is InChI=1S/C15H15N3O2S/c16-9-3-11-18(12-7-8-12)21(19,20)15-6-1-5-14-13(15)4-2-10-17-14/h1-2,4-6,10,12H,3,7-8,11H2. The van der Waals surface area contributed by atoms with Gasteiger partial charge in [-0.15, -0.1) is 0 Å². The molecule has 1 fully saturated rings. The molecule has 0 N–H and O–H groups in total. The third-order valence-electron chi connectivity index (χ3n) is 3.59. The number of fused-ring (bicyclic) bond motifs is 1. The predicted octanol–water partition coefficient (Wildman–Crippen LogP) is 2.30. The molecule has 0 atom stereocenters. The molecular weight excluding hydrogens is 286 g/mol. The van der Waals surface area contributed by atoms with Gasteiger partial charge in [0.25, 0.3) is 0 Å². The van der Waals surface area contributed by atoms with Crippen LogP contribution >= 0.6 is 0 Å². The second-order valence-electron chi connectivity index (χ2n) is 5.08. The predicted molar refractivity (Wildman–Crippen MR) is 78.9 cm³/mol. The number of hydrogen-bond acceptors (Lipinski definition) is 4. The van der Waals surface area contributed by atoms with Crippen molar-refractivity contribution in [3.8, 4) is 6.07 Å². The van der Waals surface area contributed by atoms with Crippen LogP contribution in [-0.4, -0.2) is 30.3 Å². The summed E-state index contributed by atoms with van der Waals surface area (Å²) >= 11 is 0. The molecule has 1 aromatic heterocycles. The first-order valence-corrected chi connectivity index (χ1v) is 8.31. The van der Waals surface area contributed by atoms with E-state index < -0.39 is 10.0 Å². The van der Waals surface area contributed by atoms with Crippen molar-refractivity contribution in [3.05, 3.63) is 36.5 Å². The van der Waals surface area contributed by atoms with E-state index in [-0.39, 0.29) is 23.9 Å². The summed E-state index contributed by atoms with van der Waals surface area (Å²) in [6, 6.07) is 10.7. The van der Waals surface area contributed by atoms with Crippen molar-refractivity contribution in [1.29, 1.82) is 5.26 Å². The van der Waals surface area contributed by atoms with Crippen LogP contribution in [0.5, 0.6) is 0 Å². The van der Waals surface area contributed by atoms with Gasteiger partial charge in [0.15, 0.2) is 0 Å². The Labute approximate surface area is 123 Å². The number of hydrogen-bond donors (Lipinski definition) is 0. The highest BCUT2D eigenvalue weighted by Crippen LogP contribution is 2.34.